The minimum atomic E-state index is -3.91. The Hall–Kier alpha value is -3.42. The van der Waals surface area contributed by atoms with Crippen LogP contribution in [0.3, 0.4) is 0 Å². The minimum absolute atomic E-state index is 0.0856. The number of rotatable bonds is 9. The number of hydrogen-bond donors (Lipinski definition) is 3. The van der Waals surface area contributed by atoms with Crippen molar-refractivity contribution in [2.24, 2.45) is 10.1 Å². The summed E-state index contributed by atoms with van der Waals surface area (Å²) in [4.78, 5) is 0.0856. The molecule has 166 valence electrons. The molecule has 7 heteroatoms. The maximum absolute atomic E-state index is 12.5. The van der Waals surface area contributed by atoms with Gasteiger partial charge >= 0.3 is 0 Å². The molecule has 3 aromatic carbocycles. The first kappa shape index (κ1) is 23.2. The van der Waals surface area contributed by atoms with Crippen molar-refractivity contribution in [3.05, 3.63) is 114 Å². The van der Waals surface area contributed by atoms with Crippen molar-refractivity contribution in [3.8, 4) is 0 Å². The summed E-state index contributed by atoms with van der Waals surface area (Å²) in [5, 5.41) is 0. The van der Waals surface area contributed by atoms with E-state index in [1.54, 1.807) is 12.1 Å². The monoisotopic (exact) mass is 448 g/mol. The van der Waals surface area contributed by atoms with Crippen molar-refractivity contribution in [1.82, 2.24) is 10.9 Å². The highest BCUT2D eigenvalue weighted by Crippen LogP contribution is 2.35. The maximum atomic E-state index is 12.5. The van der Waals surface area contributed by atoms with Gasteiger partial charge in [-0.1, -0.05) is 84.4 Å². The summed E-state index contributed by atoms with van der Waals surface area (Å²) in [6.07, 6.45) is 2.54. The molecular weight excluding hydrogens is 420 g/mol. The molecule has 0 saturated heterocycles. The van der Waals surface area contributed by atoms with Crippen LogP contribution in [0.5, 0.6) is 0 Å². The Kier molecular flexibility index (Phi) is 7.45. The normalized spacial score (nSPS) is 12.3. The van der Waals surface area contributed by atoms with E-state index in [-0.39, 0.29) is 10.9 Å². The van der Waals surface area contributed by atoms with Crippen LogP contribution in [0.1, 0.15) is 23.1 Å². The highest BCUT2D eigenvalue weighted by Gasteiger charge is 2.32. The molecule has 0 aromatic heterocycles. The van der Waals surface area contributed by atoms with Crippen LogP contribution in [0.2, 0.25) is 0 Å². The molecule has 0 radical (unpaired) electrons. The molecule has 0 fully saturated rings. The first-order chi connectivity index (χ1) is 15.4. The SMILES string of the molecule is C=CCC(CNN/C(N)=N/S(=O)(=O)c1ccc(C)cc1)(c1ccccc1)c1ccccc1. The number of hydrazine groups is 1. The Morgan fingerprint density at radius 3 is 2.00 bits per heavy atom. The second-order valence-electron chi connectivity index (χ2n) is 7.55. The molecule has 0 bridgehead atoms. The van der Waals surface area contributed by atoms with Gasteiger partial charge in [-0.25, -0.2) is 5.43 Å². The highest BCUT2D eigenvalue weighted by atomic mass is 32.2. The standard InChI is InChI=1S/C25H28N4O2S/c1-3-18-25(21-10-6-4-7-11-21,22-12-8-5-9-13-22)19-27-28-24(26)29-32(30,31)23-16-14-20(2)15-17-23/h3-17,27H,1,18-19H2,2H3,(H3,26,28,29). The number of sulfonamides is 1. The van der Waals surface area contributed by atoms with Crippen molar-refractivity contribution in [3.63, 3.8) is 0 Å². The van der Waals surface area contributed by atoms with Crippen molar-refractivity contribution < 1.29 is 8.42 Å². The van der Waals surface area contributed by atoms with Gasteiger partial charge in [0.1, 0.15) is 0 Å². The summed E-state index contributed by atoms with van der Waals surface area (Å²) < 4.78 is 28.7. The largest absolute Gasteiger partial charge is 0.368 e. The van der Waals surface area contributed by atoms with Crippen molar-refractivity contribution >= 4 is 16.0 Å². The van der Waals surface area contributed by atoms with Gasteiger partial charge in [0.05, 0.1) is 4.90 Å². The summed E-state index contributed by atoms with van der Waals surface area (Å²) in [6, 6.07) is 26.6. The van der Waals surface area contributed by atoms with E-state index in [9.17, 15) is 8.42 Å². The fourth-order valence-electron chi connectivity index (χ4n) is 3.64. The number of guanidine groups is 1. The lowest BCUT2D eigenvalue weighted by molar-refractivity contribution is 0.454. The third-order valence-electron chi connectivity index (χ3n) is 5.29. The quantitative estimate of drug-likeness (QED) is 0.201. The molecule has 3 aromatic rings. The zero-order valence-corrected chi connectivity index (χ0v) is 18.8. The van der Waals surface area contributed by atoms with Gasteiger partial charge in [0.2, 0.25) is 5.96 Å². The molecule has 3 rings (SSSR count). The summed E-state index contributed by atoms with van der Waals surface area (Å²) in [5.41, 5.74) is 14.4. The Morgan fingerprint density at radius 2 is 1.50 bits per heavy atom. The number of nitrogens with two attached hydrogens (primary N) is 1. The molecule has 0 aliphatic heterocycles. The zero-order valence-electron chi connectivity index (χ0n) is 18.0. The highest BCUT2D eigenvalue weighted by molar-refractivity contribution is 7.90. The summed E-state index contributed by atoms with van der Waals surface area (Å²) in [7, 11) is -3.91. The number of benzene rings is 3. The van der Waals surface area contributed by atoms with Crippen LogP contribution >= 0.6 is 0 Å². The fraction of sp³-hybridized carbons (Fsp3) is 0.160. The third kappa shape index (κ3) is 5.43. The first-order valence-electron chi connectivity index (χ1n) is 10.3. The van der Waals surface area contributed by atoms with Gasteiger partial charge in [-0.15, -0.1) is 11.0 Å². The second kappa shape index (κ2) is 10.3. The van der Waals surface area contributed by atoms with Gasteiger partial charge in [-0.3, -0.25) is 5.43 Å². The summed E-state index contributed by atoms with van der Waals surface area (Å²) in [6.45, 7) is 6.26. The molecule has 0 unspecified atom stereocenters. The van der Waals surface area contributed by atoms with Gasteiger partial charge < -0.3 is 5.73 Å². The van der Waals surface area contributed by atoms with E-state index in [0.29, 0.717) is 13.0 Å². The lowest BCUT2D eigenvalue weighted by Crippen LogP contribution is -2.49. The molecule has 4 N–H and O–H groups in total. The van der Waals surface area contributed by atoms with Crippen molar-refractivity contribution in [1.29, 1.82) is 0 Å². The van der Waals surface area contributed by atoms with E-state index in [1.807, 2.05) is 49.4 Å². The minimum Gasteiger partial charge on any atom is -0.368 e. The van der Waals surface area contributed by atoms with E-state index < -0.39 is 15.4 Å². The summed E-state index contributed by atoms with van der Waals surface area (Å²) >= 11 is 0. The average molecular weight is 449 g/mol. The maximum Gasteiger partial charge on any atom is 0.285 e. The van der Waals surface area contributed by atoms with Crippen LogP contribution in [-0.4, -0.2) is 20.9 Å². The molecule has 0 atom stereocenters. The Labute approximate surface area is 189 Å². The number of allylic oxidation sites excluding steroid dienone is 1. The van der Waals surface area contributed by atoms with Gasteiger partial charge in [-0.05, 0) is 36.6 Å². The van der Waals surface area contributed by atoms with E-state index in [0.717, 1.165) is 16.7 Å². The topological polar surface area (TPSA) is 96.6 Å². The molecule has 0 aliphatic rings. The molecular formula is C25H28N4O2S. The van der Waals surface area contributed by atoms with Crippen molar-refractivity contribution in [2.75, 3.05) is 6.54 Å². The second-order valence-corrected chi connectivity index (χ2v) is 9.15. The van der Waals surface area contributed by atoms with Gasteiger partial charge in [0.15, 0.2) is 0 Å². The number of hydrogen-bond acceptors (Lipinski definition) is 3. The van der Waals surface area contributed by atoms with E-state index in [4.69, 9.17) is 5.73 Å². The van der Waals surface area contributed by atoms with Crippen LogP contribution < -0.4 is 16.6 Å². The zero-order chi connectivity index (χ0) is 23.0. The number of nitrogens with one attached hydrogen (secondary N) is 2. The predicted molar refractivity (Wildman–Crippen MR) is 130 cm³/mol. The average Bonchev–Trinajstić information content (AvgIpc) is 2.79. The van der Waals surface area contributed by atoms with Crippen LogP contribution in [-0.2, 0) is 15.4 Å². The molecule has 0 spiro atoms. The molecule has 0 aliphatic carbocycles. The molecule has 6 nitrogen and oxygen atoms in total. The molecule has 0 heterocycles. The Morgan fingerprint density at radius 1 is 0.969 bits per heavy atom. The number of aryl methyl sites for hydroxylation is 1. The Bertz CT molecular complexity index is 1120. The number of nitrogens with zero attached hydrogens (tertiary/aromatic N) is 1. The van der Waals surface area contributed by atoms with Crippen LogP contribution in [0.4, 0.5) is 0 Å². The first-order valence-corrected chi connectivity index (χ1v) is 11.7. The lowest BCUT2D eigenvalue weighted by atomic mass is 9.72. The van der Waals surface area contributed by atoms with Crippen LogP contribution in [0.25, 0.3) is 0 Å². The molecule has 32 heavy (non-hydrogen) atoms. The van der Waals surface area contributed by atoms with Crippen LogP contribution in [0.15, 0.2) is 107 Å². The van der Waals surface area contributed by atoms with Gasteiger partial charge in [0.25, 0.3) is 10.0 Å². The van der Waals surface area contributed by atoms with Crippen molar-refractivity contribution in [2.45, 2.75) is 23.7 Å². The predicted octanol–water partition coefficient (Wildman–Crippen LogP) is 3.66. The van der Waals surface area contributed by atoms with Crippen LogP contribution in [0, 0.1) is 6.92 Å². The smallest absolute Gasteiger partial charge is 0.285 e. The Balaban J connectivity index is 1.83. The fourth-order valence-corrected chi connectivity index (χ4v) is 4.53. The molecule has 0 amide bonds. The van der Waals surface area contributed by atoms with E-state index in [1.165, 1.54) is 12.1 Å². The van der Waals surface area contributed by atoms with E-state index in [2.05, 4.69) is 46.1 Å². The van der Waals surface area contributed by atoms with E-state index >= 15 is 0 Å². The third-order valence-corrected chi connectivity index (χ3v) is 6.59. The van der Waals surface area contributed by atoms with Gasteiger partial charge in [-0.2, -0.15) is 8.42 Å². The lowest BCUT2D eigenvalue weighted by Gasteiger charge is -2.34. The molecule has 0 saturated carbocycles. The summed E-state index contributed by atoms with van der Waals surface area (Å²) in [5.74, 6) is -0.237. The van der Waals surface area contributed by atoms with Gasteiger partial charge in [0, 0.05) is 12.0 Å².